The number of fused-ring (bicyclic) bond motifs is 9. The van der Waals surface area contributed by atoms with Crippen molar-refractivity contribution in [2.75, 3.05) is 4.90 Å². The van der Waals surface area contributed by atoms with Gasteiger partial charge in [0, 0.05) is 66.4 Å². The lowest BCUT2D eigenvalue weighted by molar-refractivity contribution is 0.627. The molecule has 0 bridgehead atoms. The number of hydrogen-bond donors (Lipinski definition) is 0. The molecule has 0 radical (unpaired) electrons. The van der Waals surface area contributed by atoms with Crippen molar-refractivity contribution in [2.24, 2.45) is 0 Å². The third-order valence-electron chi connectivity index (χ3n) is 12.1. The first kappa shape index (κ1) is 35.5. The zero-order valence-corrected chi connectivity index (χ0v) is 33.0. The minimum absolute atomic E-state index is 0.275. The largest absolute Gasteiger partial charge is 0.310 e. The number of rotatable bonds is 6. The summed E-state index contributed by atoms with van der Waals surface area (Å²) in [5.74, 6) is -0.549. The van der Waals surface area contributed by atoms with Crippen LogP contribution in [0.4, 0.5) is 31.5 Å². The molecule has 0 aliphatic rings. The first-order valence-corrected chi connectivity index (χ1v) is 20.4. The fourth-order valence-corrected chi connectivity index (χ4v) is 9.44. The van der Waals surface area contributed by atoms with Crippen molar-refractivity contribution in [3.05, 3.63) is 223 Å². The normalized spacial score (nSPS) is 11.7. The highest BCUT2D eigenvalue weighted by Crippen LogP contribution is 2.44. The highest BCUT2D eigenvalue weighted by molar-refractivity contribution is 6.14. The summed E-state index contributed by atoms with van der Waals surface area (Å²) in [7, 11) is 0. The van der Waals surface area contributed by atoms with E-state index in [-0.39, 0.29) is 11.6 Å². The van der Waals surface area contributed by atoms with Crippen LogP contribution in [0.25, 0.3) is 87.3 Å². The van der Waals surface area contributed by atoms with Crippen LogP contribution in [-0.2, 0) is 0 Å². The Hall–Kier alpha value is -8.47. The molecule has 0 atom stereocenters. The van der Waals surface area contributed by atoms with E-state index in [4.69, 9.17) is 6.57 Å². The summed E-state index contributed by atoms with van der Waals surface area (Å²) in [6, 6.07) is 66.1. The minimum atomic E-state index is -0.275. The maximum Gasteiger partial charge on any atom is 0.187 e. The van der Waals surface area contributed by atoms with Crippen LogP contribution in [0, 0.1) is 18.2 Å². The highest BCUT2D eigenvalue weighted by atomic mass is 19.1. The molecule has 0 saturated heterocycles. The summed E-state index contributed by atoms with van der Waals surface area (Å²) < 4.78 is 35.0. The van der Waals surface area contributed by atoms with Gasteiger partial charge in [0.1, 0.15) is 11.6 Å². The van der Waals surface area contributed by atoms with E-state index in [2.05, 4.69) is 139 Å². The van der Waals surface area contributed by atoms with Gasteiger partial charge in [-0.3, -0.25) is 0 Å². The van der Waals surface area contributed by atoms with Crippen LogP contribution >= 0.6 is 0 Å². The molecule has 0 amide bonds. The Morgan fingerprint density at radius 2 is 0.645 bits per heavy atom. The van der Waals surface area contributed by atoms with Gasteiger partial charge < -0.3 is 18.6 Å². The van der Waals surface area contributed by atoms with Crippen LogP contribution in [0.3, 0.4) is 0 Å². The Balaban J connectivity index is 1.12. The van der Waals surface area contributed by atoms with Gasteiger partial charge in [-0.25, -0.2) is 13.6 Å². The number of halogens is 2. The summed E-state index contributed by atoms with van der Waals surface area (Å²) >= 11 is 0. The van der Waals surface area contributed by atoms with E-state index in [1.54, 1.807) is 0 Å². The number of benzene rings is 9. The van der Waals surface area contributed by atoms with Crippen LogP contribution in [0.5, 0.6) is 0 Å². The van der Waals surface area contributed by atoms with Crippen molar-refractivity contribution in [3.8, 4) is 17.1 Å². The van der Waals surface area contributed by atoms with E-state index in [0.29, 0.717) is 5.69 Å². The van der Waals surface area contributed by atoms with Gasteiger partial charge in [-0.05, 0) is 133 Å². The van der Waals surface area contributed by atoms with Gasteiger partial charge in [0.25, 0.3) is 0 Å². The molecule has 0 fully saturated rings. The summed E-state index contributed by atoms with van der Waals surface area (Å²) in [5.41, 5.74) is 12.5. The average Bonchev–Trinajstić information content (AvgIpc) is 3.95. The van der Waals surface area contributed by atoms with E-state index >= 15 is 0 Å². The zero-order chi connectivity index (χ0) is 41.5. The van der Waals surface area contributed by atoms with Crippen molar-refractivity contribution in [3.63, 3.8) is 0 Å². The SMILES string of the molecule is [C-]#[N+]c1ccc(-n2c3ccccc3c3cc(N(c4ccc5c(c4)c4ccccc4n5-c4ccc(F)cc4)c4ccc5c(c4)c4ccccc4n5-c4ccc(F)cc4)ccc32)cc1. The van der Waals surface area contributed by atoms with Crippen LogP contribution in [0.2, 0.25) is 0 Å². The van der Waals surface area contributed by atoms with Crippen molar-refractivity contribution in [2.45, 2.75) is 0 Å². The molecule has 3 aromatic heterocycles. The second-order valence-corrected chi connectivity index (χ2v) is 15.6. The molecule has 12 aromatic rings. The molecule has 3 heterocycles. The summed E-state index contributed by atoms with van der Waals surface area (Å²) in [5, 5.41) is 6.54. The monoisotopic (exact) mass is 801 g/mol. The topological polar surface area (TPSA) is 22.4 Å². The van der Waals surface area contributed by atoms with E-state index in [1.165, 1.54) is 24.3 Å². The van der Waals surface area contributed by atoms with E-state index in [0.717, 1.165) is 99.5 Å². The van der Waals surface area contributed by atoms with Gasteiger partial charge in [-0.1, -0.05) is 66.7 Å². The predicted octanol–water partition coefficient (Wildman–Crippen LogP) is 15.3. The number of hydrogen-bond acceptors (Lipinski definition) is 1. The maximum absolute atomic E-state index is 14.2. The van der Waals surface area contributed by atoms with Crippen LogP contribution < -0.4 is 4.90 Å². The number of para-hydroxylation sites is 3. The molecule has 0 aliphatic heterocycles. The van der Waals surface area contributed by atoms with Gasteiger partial charge in [0.15, 0.2) is 5.69 Å². The minimum Gasteiger partial charge on any atom is -0.310 e. The fourth-order valence-electron chi connectivity index (χ4n) is 9.44. The highest BCUT2D eigenvalue weighted by Gasteiger charge is 2.22. The quantitative estimate of drug-likeness (QED) is 0.154. The van der Waals surface area contributed by atoms with Gasteiger partial charge >= 0.3 is 0 Å². The Kier molecular flexibility index (Phi) is 7.90. The fraction of sp³-hybridized carbons (Fsp3) is 0. The summed E-state index contributed by atoms with van der Waals surface area (Å²) in [6.45, 7) is 7.51. The Morgan fingerprint density at radius 3 is 0.984 bits per heavy atom. The molecular weight excluding hydrogens is 769 g/mol. The smallest absolute Gasteiger partial charge is 0.187 e. The number of nitrogens with zero attached hydrogens (tertiary/aromatic N) is 5. The molecule has 62 heavy (non-hydrogen) atoms. The molecule has 0 spiro atoms. The average molecular weight is 802 g/mol. The standard InChI is InChI=1S/C55H33F2N5/c1-58-37-18-24-40(25-19-37)62-52-13-7-4-10-46(52)49-34-43(28-31-55(49)62)59(41-26-29-53-47(32-41)44-8-2-5-11-50(44)60(53)38-20-14-35(56)15-21-38)42-27-30-54-48(33-42)45-9-3-6-12-51(45)61(54)39-22-16-36(57)17-23-39/h2-34H. The van der Waals surface area contributed by atoms with Crippen molar-refractivity contribution in [1.82, 2.24) is 13.7 Å². The number of aromatic nitrogens is 3. The lowest BCUT2D eigenvalue weighted by atomic mass is 10.1. The van der Waals surface area contributed by atoms with E-state index in [1.807, 2.05) is 60.7 Å². The van der Waals surface area contributed by atoms with Crippen LogP contribution in [0.1, 0.15) is 0 Å². The molecule has 5 nitrogen and oxygen atoms in total. The third kappa shape index (κ3) is 5.44. The molecule has 0 saturated carbocycles. The first-order chi connectivity index (χ1) is 30.5. The Morgan fingerprint density at radius 1 is 0.339 bits per heavy atom. The lowest BCUT2D eigenvalue weighted by Crippen LogP contribution is -2.10. The molecule has 0 N–H and O–H groups in total. The number of anilines is 3. The van der Waals surface area contributed by atoms with E-state index in [9.17, 15) is 8.78 Å². The Labute approximate surface area is 354 Å². The van der Waals surface area contributed by atoms with Crippen molar-refractivity contribution < 1.29 is 8.78 Å². The Bertz CT molecular complexity index is 3610. The molecule has 292 valence electrons. The summed E-state index contributed by atoms with van der Waals surface area (Å²) in [4.78, 5) is 5.94. The zero-order valence-electron chi connectivity index (χ0n) is 33.0. The van der Waals surface area contributed by atoms with Crippen molar-refractivity contribution >= 4 is 88.2 Å². The first-order valence-electron chi connectivity index (χ1n) is 20.4. The molecule has 9 aromatic carbocycles. The van der Waals surface area contributed by atoms with E-state index < -0.39 is 0 Å². The molecule has 0 unspecified atom stereocenters. The van der Waals surface area contributed by atoms with Crippen LogP contribution in [-0.4, -0.2) is 13.7 Å². The van der Waals surface area contributed by atoms with Gasteiger partial charge in [0.05, 0.1) is 39.7 Å². The lowest BCUT2D eigenvalue weighted by Gasteiger charge is -2.26. The van der Waals surface area contributed by atoms with Gasteiger partial charge in [-0.2, -0.15) is 0 Å². The maximum atomic E-state index is 14.2. The van der Waals surface area contributed by atoms with Crippen LogP contribution in [0.15, 0.2) is 200 Å². The second kappa shape index (κ2) is 13.8. The predicted molar refractivity (Wildman–Crippen MR) is 250 cm³/mol. The third-order valence-corrected chi connectivity index (χ3v) is 12.1. The molecule has 0 aliphatic carbocycles. The van der Waals surface area contributed by atoms with Gasteiger partial charge in [-0.15, -0.1) is 0 Å². The molecular formula is C55H33F2N5. The molecule has 12 rings (SSSR count). The van der Waals surface area contributed by atoms with Gasteiger partial charge in [0.2, 0.25) is 0 Å². The van der Waals surface area contributed by atoms with Crippen molar-refractivity contribution in [1.29, 1.82) is 0 Å². The summed E-state index contributed by atoms with van der Waals surface area (Å²) in [6.07, 6.45) is 0. The molecule has 7 heteroatoms. The second-order valence-electron chi connectivity index (χ2n) is 15.6.